The first-order valence-corrected chi connectivity index (χ1v) is 4.10. The van der Waals surface area contributed by atoms with Crippen LogP contribution in [-0.4, -0.2) is 12.1 Å². The van der Waals surface area contributed by atoms with Gasteiger partial charge in [0, 0.05) is 11.5 Å². The van der Waals surface area contributed by atoms with E-state index in [1.165, 1.54) is 13.2 Å². The van der Waals surface area contributed by atoms with E-state index < -0.39 is 0 Å². The normalized spacial score (nSPS) is 10.7. The van der Waals surface area contributed by atoms with Crippen molar-refractivity contribution in [2.75, 3.05) is 7.11 Å². The maximum Gasteiger partial charge on any atom is 0.150 e. The molecule has 0 aliphatic heterocycles. The van der Waals surface area contributed by atoms with E-state index in [4.69, 9.17) is 16.3 Å². The van der Waals surface area contributed by atoms with Crippen LogP contribution in [0.4, 0.5) is 4.39 Å². The second kappa shape index (κ2) is 2.92. The van der Waals surface area contributed by atoms with Gasteiger partial charge >= 0.3 is 0 Å². The lowest BCUT2D eigenvalue weighted by atomic mass is 10.2. The Labute approximate surface area is 79.3 Å². The molecule has 1 N–H and O–H groups in total. The minimum atomic E-state index is -0.360. The van der Waals surface area contributed by atoms with Crippen molar-refractivity contribution in [3.8, 4) is 5.75 Å². The SMILES string of the molecule is COc1cc(F)c2[nH]c(Cl)cc2c1. The number of halogens is 2. The third kappa shape index (κ3) is 1.35. The number of fused-ring (bicyclic) bond motifs is 1. The van der Waals surface area contributed by atoms with Crippen molar-refractivity contribution < 1.29 is 9.13 Å². The molecule has 0 atom stereocenters. The maximum atomic E-state index is 13.3. The van der Waals surface area contributed by atoms with E-state index in [0.717, 1.165) is 0 Å². The van der Waals surface area contributed by atoms with Crippen molar-refractivity contribution in [2.45, 2.75) is 0 Å². The van der Waals surface area contributed by atoms with Crippen LogP contribution in [0.5, 0.6) is 5.75 Å². The summed E-state index contributed by atoms with van der Waals surface area (Å²) in [6.45, 7) is 0. The third-order valence-corrected chi connectivity index (χ3v) is 2.06. The number of nitrogens with one attached hydrogen (secondary N) is 1. The van der Waals surface area contributed by atoms with Crippen LogP contribution < -0.4 is 4.74 Å². The fourth-order valence-electron chi connectivity index (χ4n) is 1.26. The summed E-state index contributed by atoms with van der Waals surface area (Å²) in [6, 6.07) is 4.69. The highest BCUT2D eigenvalue weighted by Crippen LogP contribution is 2.26. The second-order valence-corrected chi connectivity index (χ2v) is 3.10. The molecule has 2 aromatic rings. The molecule has 1 aromatic heterocycles. The van der Waals surface area contributed by atoms with Crippen LogP contribution in [0, 0.1) is 5.82 Å². The van der Waals surface area contributed by atoms with Crippen molar-refractivity contribution in [2.24, 2.45) is 0 Å². The molecular weight excluding hydrogens is 193 g/mol. The predicted octanol–water partition coefficient (Wildman–Crippen LogP) is 2.97. The third-order valence-electron chi connectivity index (χ3n) is 1.86. The van der Waals surface area contributed by atoms with Gasteiger partial charge in [0.2, 0.25) is 0 Å². The molecule has 0 radical (unpaired) electrons. The monoisotopic (exact) mass is 199 g/mol. The Morgan fingerprint density at radius 3 is 2.85 bits per heavy atom. The first-order chi connectivity index (χ1) is 6.20. The summed E-state index contributed by atoms with van der Waals surface area (Å²) in [6.07, 6.45) is 0. The first kappa shape index (κ1) is 8.38. The van der Waals surface area contributed by atoms with Crippen LogP contribution in [0.1, 0.15) is 0 Å². The molecule has 68 valence electrons. The molecule has 2 rings (SSSR count). The zero-order valence-corrected chi connectivity index (χ0v) is 7.65. The number of aromatic amines is 1. The molecule has 1 aromatic carbocycles. The van der Waals surface area contributed by atoms with Crippen molar-refractivity contribution in [1.82, 2.24) is 4.98 Å². The van der Waals surface area contributed by atoms with Crippen LogP contribution in [0.15, 0.2) is 18.2 Å². The van der Waals surface area contributed by atoms with E-state index in [0.29, 0.717) is 21.8 Å². The quantitative estimate of drug-likeness (QED) is 0.751. The molecule has 0 spiro atoms. The molecule has 0 aliphatic rings. The summed E-state index contributed by atoms with van der Waals surface area (Å²) >= 11 is 5.69. The van der Waals surface area contributed by atoms with Gasteiger partial charge in [-0.05, 0) is 12.1 Å². The summed E-state index contributed by atoms with van der Waals surface area (Å²) in [5, 5.41) is 1.13. The van der Waals surface area contributed by atoms with Crippen LogP contribution >= 0.6 is 11.6 Å². The molecule has 0 bridgehead atoms. The van der Waals surface area contributed by atoms with Crippen molar-refractivity contribution in [3.05, 3.63) is 29.2 Å². The van der Waals surface area contributed by atoms with Gasteiger partial charge in [-0.1, -0.05) is 11.6 Å². The molecule has 2 nitrogen and oxygen atoms in total. The molecule has 0 aliphatic carbocycles. The minimum absolute atomic E-state index is 0.360. The predicted molar refractivity (Wildman–Crippen MR) is 49.8 cm³/mol. The number of methoxy groups -OCH3 is 1. The molecule has 0 saturated carbocycles. The van der Waals surface area contributed by atoms with Gasteiger partial charge in [0.1, 0.15) is 10.9 Å². The summed E-state index contributed by atoms with van der Waals surface area (Å²) in [7, 11) is 1.49. The molecule has 0 amide bonds. The fourth-order valence-corrected chi connectivity index (χ4v) is 1.47. The lowest BCUT2D eigenvalue weighted by Crippen LogP contribution is -1.84. The zero-order valence-electron chi connectivity index (χ0n) is 6.90. The first-order valence-electron chi connectivity index (χ1n) is 3.72. The van der Waals surface area contributed by atoms with Gasteiger partial charge < -0.3 is 9.72 Å². The molecule has 0 unspecified atom stereocenters. The molecule has 0 fully saturated rings. The number of ether oxygens (including phenoxy) is 1. The van der Waals surface area contributed by atoms with Gasteiger partial charge in [-0.15, -0.1) is 0 Å². The standard InChI is InChI=1S/C9H7ClFNO/c1-13-6-2-5-3-8(10)12-9(5)7(11)4-6/h2-4,12H,1H3. The minimum Gasteiger partial charge on any atom is -0.497 e. The molecule has 13 heavy (non-hydrogen) atoms. The smallest absolute Gasteiger partial charge is 0.150 e. The maximum absolute atomic E-state index is 13.3. The summed E-state index contributed by atoms with van der Waals surface area (Å²) in [5.41, 5.74) is 0.408. The number of aromatic nitrogens is 1. The van der Waals surface area contributed by atoms with Crippen LogP contribution in [0.3, 0.4) is 0 Å². The average molecular weight is 200 g/mol. The van der Waals surface area contributed by atoms with Crippen molar-refractivity contribution >= 4 is 22.5 Å². The highest BCUT2D eigenvalue weighted by molar-refractivity contribution is 6.30. The van der Waals surface area contributed by atoms with E-state index in [1.807, 2.05) is 0 Å². The Kier molecular flexibility index (Phi) is 1.88. The molecule has 1 heterocycles. The van der Waals surface area contributed by atoms with E-state index in [9.17, 15) is 4.39 Å². The molecular formula is C9H7ClFNO. The number of hydrogen-bond donors (Lipinski definition) is 1. The number of rotatable bonds is 1. The molecule has 0 saturated heterocycles. The van der Waals surface area contributed by atoms with Gasteiger partial charge in [0.15, 0.2) is 5.82 Å². The van der Waals surface area contributed by atoms with Gasteiger partial charge in [0.05, 0.1) is 12.6 Å². The highest BCUT2D eigenvalue weighted by Gasteiger charge is 2.06. The van der Waals surface area contributed by atoms with E-state index >= 15 is 0 Å². The van der Waals surface area contributed by atoms with Crippen LogP contribution in [0.25, 0.3) is 10.9 Å². The van der Waals surface area contributed by atoms with Gasteiger partial charge in [-0.2, -0.15) is 0 Å². The number of H-pyrrole nitrogens is 1. The van der Waals surface area contributed by atoms with Crippen molar-refractivity contribution in [3.63, 3.8) is 0 Å². The van der Waals surface area contributed by atoms with Gasteiger partial charge in [-0.3, -0.25) is 0 Å². The second-order valence-electron chi connectivity index (χ2n) is 2.69. The van der Waals surface area contributed by atoms with Crippen molar-refractivity contribution in [1.29, 1.82) is 0 Å². The Bertz CT molecular complexity index is 452. The lowest BCUT2D eigenvalue weighted by Gasteiger charge is -1.99. The van der Waals surface area contributed by atoms with E-state index in [-0.39, 0.29) is 5.82 Å². The Morgan fingerprint density at radius 1 is 1.38 bits per heavy atom. The zero-order chi connectivity index (χ0) is 9.42. The topological polar surface area (TPSA) is 25.0 Å². The average Bonchev–Trinajstić information content (AvgIpc) is 2.46. The summed E-state index contributed by atoms with van der Waals surface area (Å²) < 4.78 is 18.2. The fraction of sp³-hybridized carbons (Fsp3) is 0.111. The Morgan fingerprint density at radius 2 is 2.15 bits per heavy atom. The number of hydrogen-bond acceptors (Lipinski definition) is 1. The Hall–Kier alpha value is -1.22. The largest absolute Gasteiger partial charge is 0.497 e. The Balaban J connectivity index is 2.75. The van der Waals surface area contributed by atoms with Crippen LogP contribution in [-0.2, 0) is 0 Å². The van der Waals surface area contributed by atoms with Gasteiger partial charge in [0.25, 0.3) is 0 Å². The summed E-state index contributed by atoms with van der Waals surface area (Å²) in [5.74, 6) is 0.127. The van der Waals surface area contributed by atoms with E-state index in [1.54, 1.807) is 12.1 Å². The highest BCUT2D eigenvalue weighted by atomic mass is 35.5. The molecule has 4 heteroatoms. The summed E-state index contributed by atoms with van der Waals surface area (Å²) in [4.78, 5) is 2.71. The van der Waals surface area contributed by atoms with Gasteiger partial charge in [-0.25, -0.2) is 4.39 Å². The lowest BCUT2D eigenvalue weighted by molar-refractivity contribution is 0.412. The van der Waals surface area contributed by atoms with E-state index in [2.05, 4.69) is 4.98 Å². The van der Waals surface area contributed by atoms with Crippen LogP contribution in [0.2, 0.25) is 5.15 Å². The number of benzene rings is 1.